The summed E-state index contributed by atoms with van der Waals surface area (Å²) in [4.78, 5) is 2.46. The topological polar surface area (TPSA) is 47.7 Å². The first-order valence-corrected chi connectivity index (χ1v) is 6.79. The molecule has 0 aliphatic carbocycles. The number of methoxy groups -OCH3 is 1. The Morgan fingerprint density at radius 1 is 1.47 bits per heavy atom. The molecule has 100 valence electrons. The van der Waals surface area contributed by atoms with E-state index in [0.29, 0.717) is 17.9 Å². The van der Waals surface area contributed by atoms with Gasteiger partial charge in [-0.3, -0.25) is 4.90 Å². The highest BCUT2D eigenvalue weighted by molar-refractivity contribution is 4.84. The number of nitrogens with two attached hydrogens (primary N) is 1. The summed E-state index contributed by atoms with van der Waals surface area (Å²) in [6, 6.07) is 0.253. The molecule has 17 heavy (non-hydrogen) atoms. The summed E-state index contributed by atoms with van der Waals surface area (Å²) in [6.07, 6.45) is 2.71. The molecular weight excluding hydrogens is 216 g/mol. The van der Waals surface area contributed by atoms with Gasteiger partial charge in [-0.05, 0) is 25.3 Å². The number of ether oxygens (including phenoxy) is 2. The van der Waals surface area contributed by atoms with Gasteiger partial charge in [0.2, 0.25) is 0 Å². The Morgan fingerprint density at radius 2 is 2.29 bits per heavy atom. The van der Waals surface area contributed by atoms with Crippen molar-refractivity contribution >= 4 is 0 Å². The van der Waals surface area contributed by atoms with Crippen molar-refractivity contribution < 1.29 is 9.47 Å². The van der Waals surface area contributed by atoms with E-state index < -0.39 is 0 Å². The molecule has 0 bridgehead atoms. The molecule has 0 aromatic heterocycles. The quantitative estimate of drug-likeness (QED) is 0.788. The highest BCUT2D eigenvalue weighted by Gasteiger charge is 2.29. The Kier molecular flexibility index (Phi) is 4.79. The van der Waals surface area contributed by atoms with Crippen molar-refractivity contribution in [1.82, 2.24) is 4.90 Å². The minimum Gasteiger partial charge on any atom is -0.381 e. The summed E-state index contributed by atoms with van der Waals surface area (Å²) in [5.41, 5.74) is 6.27. The van der Waals surface area contributed by atoms with Gasteiger partial charge in [0.15, 0.2) is 0 Å². The highest BCUT2D eigenvalue weighted by Crippen LogP contribution is 2.21. The fourth-order valence-corrected chi connectivity index (χ4v) is 2.91. The van der Waals surface area contributed by atoms with Crippen LogP contribution in [0.4, 0.5) is 0 Å². The minimum atomic E-state index is 0.253. The van der Waals surface area contributed by atoms with Crippen LogP contribution in [-0.4, -0.2) is 57.0 Å². The van der Waals surface area contributed by atoms with Crippen molar-refractivity contribution in [3.8, 4) is 0 Å². The van der Waals surface area contributed by atoms with Crippen LogP contribution in [-0.2, 0) is 9.47 Å². The first kappa shape index (κ1) is 13.3. The molecule has 0 spiro atoms. The molecule has 4 unspecified atom stereocenters. The van der Waals surface area contributed by atoms with Gasteiger partial charge in [-0.1, -0.05) is 6.92 Å². The molecule has 0 radical (unpaired) electrons. The lowest BCUT2D eigenvalue weighted by atomic mass is 9.94. The second-order valence-electron chi connectivity index (χ2n) is 5.59. The van der Waals surface area contributed by atoms with Gasteiger partial charge in [-0.2, -0.15) is 0 Å². The maximum absolute atomic E-state index is 6.27. The van der Waals surface area contributed by atoms with E-state index >= 15 is 0 Å². The molecule has 0 aromatic rings. The van der Waals surface area contributed by atoms with Crippen molar-refractivity contribution in [1.29, 1.82) is 0 Å². The van der Waals surface area contributed by atoms with Crippen molar-refractivity contribution in [2.75, 3.05) is 40.0 Å². The van der Waals surface area contributed by atoms with Crippen molar-refractivity contribution in [3.05, 3.63) is 0 Å². The first-order chi connectivity index (χ1) is 8.20. The third-order valence-electron chi connectivity index (χ3n) is 4.32. The van der Waals surface area contributed by atoms with Gasteiger partial charge in [0, 0.05) is 38.8 Å². The Morgan fingerprint density at radius 3 is 2.94 bits per heavy atom. The van der Waals surface area contributed by atoms with Crippen LogP contribution in [0.5, 0.6) is 0 Å². The van der Waals surface area contributed by atoms with Crippen LogP contribution in [0.25, 0.3) is 0 Å². The molecule has 4 nitrogen and oxygen atoms in total. The predicted molar refractivity (Wildman–Crippen MR) is 67.9 cm³/mol. The molecule has 2 rings (SSSR count). The van der Waals surface area contributed by atoms with Crippen LogP contribution in [0.3, 0.4) is 0 Å². The van der Waals surface area contributed by atoms with Gasteiger partial charge in [0.05, 0.1) is 12.7 Å². The van der Waals surface area contributed by atoms with Gasteiger partial charge < -0.3 is 15.2 Å². The van der Waals surface area contributed by atoms with Crippen LogP contribution in [0.2, 0.25) is 0 Å². The maximum Gasteiger partial charge on any atom is 0.0724 e. The van der Waals surface area contributed by atoms with Gasteiger partial charge >= 0.3 is 0 Å². The summed E-state index contributed by atoms with van der Waals surface area (Å²) < 4.78 is 10.9. The standard InChI is InChI=1S/C13H26N2O2/c1-10-3-5-15(8-13(10)16-2)7-12(14)11-4-6-17-9-11/h10-13H,3-9,14H2,1-2H3. The van der Waals surface area contributed by atoms with E-state index in [-0.39, 0.29) is 6.04 Å². The minimum absolute atomic E-state index is 0.253. The molecule has 0 aromatic carbocycles. The van der Waals surface area contributed by atoms with E-state index in [2.05, 4.69) is 11.8 Å². The molecule has 2 saturated heterocycles. The summed E-state index contributed by atoms with van der Waals surface area (Å²) in [5, 5.41) is 0. The second-order valence-corrected chi connectivity index (χ2v) is 5.59. The molecular formula is C13H26N2O2. The number of piperidine rings is 1. The average molecular weight is 242 g/mol. The maximum atomic E-state index is 6.27. The molecule has 0 amide bonds. The smallest absolute Gasteiger partial charge is 0.0724 e. The van der Waals surface area contributed by atoms with Crippen molar-refractivity contribution in [2.45, 2.75) is 31.9 Å². The van der Waals surface area contributed by atoms with Crippen LogP contribution in [0.1, 0.15) is 19.8 Å². The molecule has 2 heterocycles. The van der Waals surface area contributed by atoms with Crippen LogP contribution in [0, 0.1) is 11.8 Å². The van der Waals surface area contributed by atoms with E-state index in [1.165, 1.54) is 6.42 Å². The van der Waals surface area contributed by atoms with Gasteiger partial charge in [-0.15, -0.1) is 0 Å². The SMILES string of the molecule is COC1CN(CC(N)C2CCOC2)CCC1C. The summed E-state index contributed by atoms with van der Waals surface area (Å²) in [7, 11) is 1.81. The summed E-state index contributed by atoms with van der Waals surface area (Å²) in [6.45, 7) is 7.17. The lowest BCUT2D eigenvalue weighted by Gasteiger charge is -2.38. The van der Waals surface area contributed by atoms with Gasteiger partial charge in [0.1, 0.15) is 0 Å². The van der Waals surface area contributed by atoms with E-state index in [0.717, 1.165) is 39.3 Å². The van der Waals surface area contributed by atoms with Crippen LogP contribution in [0.15, 0.2) is 0 Å². The predicted octanol–water partition coefficient (Wildman–Crippen LogP) is 0.707. The normalized spacial score (nSPS) is 37.2. The largest absolute Gasteiger partial charge is 0.381 e. The van der Waals surface area contributed by atoms with Gasteiger partial charge in [0.25, 0.3) is 0 Å². The highest BCUT2D eigenvalue weighted by atomic mass is 16.5. The average Bonchev–Trinajstić information content (AvgIpc) is 2.85. The Hall–Kier alpha value is -0.160. The molecule has 0 saturated carbocycles. The summed E-state index contributed by atoms with van der Waals surface area (Å²) >= 11 is 0. The zero-order chi connectivity index (χ0) is 12.3. The zero-order valence-corrected chi connectivity index (χ0v) is 11.1. The van der Waals surface area contributed by atoms with E-state index in [9.17, 15) is 0 Å². The molecule has 4 heteroatoms. The molecule has 2 aliphatic rings. The second kappa shape index (κ2) is 6.14. The number of rotatable bonds is 4. The van der Waals surface area contributed by atoms with Crippen LogP contribution >= 0.6 is 0 Å². The number of hydrogen-bond donors (Lipinski definition) is 1. The Labute approximate surface area is 104 Å². The zero-order valence-electron chi connectivity index (χ0n) is 11.1. The Balaban J connectivity index is 1.78. The lowest BCUT2D eigenvalue weighted by molar-refractivity contribution is -0.00807. The Bertz CT molecular complexity index is 231. The third-order valence-corrected chi connectivity index (χ3v) is 4.32. The van der Waals surface area contributed by atoms with Crippen LogP contribution < -0.4 is 5.73 Å². The lowest BCUT2D eigenvalue weighted by Crippen LogP contribution is -2.50. The molecule has 2 fully saturated rings. The van der Waals surface area contributed by atoms with Crippen molar-refractivity contribution in [2.24, 2.45) is 17.6 Å². The molecule has 4 atom stereocenters. The molecule has 2 N–H and O–H groups in total. The van der Waals surface area contributed by atoms with Crippen molar-refractivity contribution in [3.63, 3.8) is 0 Å². The fraction of sp³-hybridized carbons (Fsp3) is 1.00. The molecule has 2 aliphatic heterocycles. The number of nitrogens with zero attached hydrogens (tertiary/aromatic N) is 1. The van der Waals surface area contributed by atoms with E-state index in [1.807, 2.05) is 7.11 Å². The van der Waals surface area contributed by atoms with E-state index in [1.54, 1.807) is 0 Å². The third kappa shape index (κ3) is 3.41. The monoisotopic (exact) mass is 242 g/mol. The first-order valence-electron chi connectivity index (χ1n) is 6.79. The fourth-order valence-electron chi connectivity index (χ4n) is 2.91. The number of hydrogen-bond acceptors (Lipinski definition) is 4. The number of likely N-dealkylation sites (tertiary alicyclic amines) is 1. The van der Waals surface area contributed by atoms with E-state index in [4.69, 9.17) is 15.2 Å². The summed E-state index contributed by atoms with van der Waals surface area (Å²) in [5.74, 6) is 1.22. The van der Waals surface area contributed by atoms with Gasteiger partial charge in [-0.25, -0.2) is 0 Å².